The van der Waals surface area contributed by atoms with Crippen LogP contribution in [0.5, 0.6) is 0 Å². The van der Waals surface area contributed by atoms with E-state index in [1.54, 1.807) is 0 Å². The second-order valence-electron chi connectivity index (χ2n) is 3.28. The van der Waals surface area contributed by atoms with E-state index in [0.717, 1.165) is 11.9 Å². The van der Waals surface area contributed by atoms with Crippen LogP contribution in [0.1, 0.15) is 24.2 Å². The first-order chi connectivity index (χ1) is 7.70. The summed E-state index contributed by atoms with van der Waals surface area (Å²) in [5.74, 6) is 0. The topological polar surface area (TPSA) is 35.0 Å². The van der Waals surface area contributed by atoms with Gasteiger partial charge in [0.15, 0.2) is 0 Å². The monoisotopic (exact) mass is 290 g/mol. The van der Waals surface area contributed by atoms with Crippen molar-refractivity contribution in [1.29, 1.82) is 0 Å². The van der Waals surface area contributed by atoms with Gasteiger partial charge in [0.1, 0.15) is 12.0 Å². The van der Waals surface area contributed by atoms with Crippen molar-refractivity contribution in [3.05, 3.63) is 28.3 Å². The summed E-state index contributed by atoms with van der Waals surface area (Å²) in [5, 5.41) is 0. The fraction of sp³-hybridized carbons (Fsp3) is 0.400. The molecule has 0 bridgehead atoms. The number of hydrogen-bond acceptors (Lipinski definition) is 3. The van der Waals surface area contributed by atoms with Crippen LogP contribution in [0.2, 0.25) is 0 Å². The Kier molecular flexibility index (Phi) is 3.60. The van der Waals surface area contributed by atoms with Crippen LogP contribution < -0.4 is 0 Å². The third-order valence-electron chi connectivity index (χ3n) is 2.29. The molecule has 0 unspecified atom stereocenters. The minimum absolute atomic E-state index is 0.266. The molecule has 1 aliphatic rings. The van der Waals surface area contributed by atoms with Crippen LogP contribution in [0.3, 0.4) is 0 Å². The number of nitrogens with zero attached hydrogens (tertiary/aromatic N) is 2. The molecule has 3 nitrogen and oxygen atoms in total. The summed E-state index contributed by atoms with van der Waals surface area (Å²) in [5.41, 5.74) is 1.19. The van der Waals surface area contributed by atoms with Crippen LogP contribution in [-0.4, -0.2) is 23.2 Å². The molecule has 1 aliphatic heterocycles. The highest BCUT2D eigenvalue weighted by Gasteiger charge is 2.19. The minimum atomic E-state index is -2.60. The number of hydrogen-bond donors (Lipinski definition) is 0. The Bertz CT molecular complexity index is 423. The van der Waals surface area contributed by atoms with Gasteiger partial charge in [-0.05, 0) is 27.9 Å². The van der Waals surface area contributed by atoms with Crippen LogP contribution >= 0.6 is 15.9 Å². The van der Waals surface area contributed by atoms with Crippen LogP contribution in [0, 0.1) is 0 Å². The van der Waals surface area contributed by atoms with Gasteiger partial charge in [0.05, 0.1) is 23.4 Å². The molecule has 0 fully saturated rings. The van der Waals surface area contributed by atoms with E-state index in [0.29, 0.717) is 25.3 Å². The van der Waals surface area contributed by atoms with Crippen molar-refractivity contribution < 1.29 is 13.5 Å². The van der Waals surface area contributed by atoms with Gasteiger partial charge in [-0.15, -0.1) is 0 Å². The molecule has 0 spiro atoms. The number of ether oxygens (including phenoxy) is 1. The van der Waals surface area contributed by atoms with Gasteiger partial charge in [-0.3, -0.25) is 0 Å². The molecular weight excluding hydrogens is 282 g/mol. The van der Waals surface area contributed by atoms with Crippen molar-refractivity contribution in [3.63, 3.8) is 0 Å². The lowest BCUT2D eigenvalue weighted by Crippen LogP contribution is -2.07. The summed E-state index contributed by atoms with van der Waals surface area (Å²) in [7, 11) is 0. The van der Waals surface area contributed by atoms with Crippen molar-refractivity contribution in [3.8, 4) is 0 Å². The Morgan fingerprint density at radius 3 is 2.81 bits per heavy atom. The predicted molar refractivity (Wildman–Crippen MR) is 58.1 cm³/mol. The summed E-state index contributed by atoms with van der Waals surface area (Å²) in [6, 6.07) is 0. The van der Waals surface area contributed by atoms with Gasteiger partial charge in [0.25, 0.3) is 6.43 Å². The number of aromatic nitrogens is 2. The third kappa shape index (κ3) is 2.27. The Morgan fingerprint density at radius 2 is 2.19 bits per heavy atom. The number of alkyl halides is 2. The molecule has 0 aromatic carbocycles. The lowest BCUT2D eigenvalue weighted by molar-refractivity contribution is 0.145. The fourth-order valence-electron chi connectivity index (χ4n) is 1.50. The Labute approximate surface area is 99.7 Å². The highest BCUT2D eigenvalue weighted by Crippen LogP contribution is 2.32. The average Bonchev–Trinajstić information content (AvgIpc) is 2.30. The second-order valence-corrected chi connectivity index (χ2v) is 4.07. The standard InChI is InChI=1S/C10H9BrF2N2O/c11-7-8(6-1-3-16-4-2-6)14-5-15-9(7)10(12)13/h1,5,10H,2-4H2. The van der Waals surface area contributed by atoms with E-state index in [4.69, 9.17) is 4.74 Å². The van der Waals surface area contributed by atoms with Gasteiger partial charge in [-0.25, -0.2) is 18.7 Å². The summed E-state index contributed by atoms with van der Waals surface area (Å²) in [4.78, 5) is 7.60. The number of halogens is 3. The lowest BCUT2D eigenvalue weighted by Gasteiger charge is -2.15. The summed E-state index contributed by atoms with van der Waals surface area (Å²) >= 11 is 3.13. The molecule has 1 aromatic heterocycles. The van der Waals surface area contributed by atoms with Crippen LogP contribution in [0.25, 0.3) is 5.57 Å². The van der Waals surface area contributed by atoms with E-state index in [2.05, 4.69) is 25.9 Å². The number of rotatable bonds is 2. The maximum atomic E-state index is 12.6. The first-order valence-corrected chi connectivity index (χ1v) is 5.55. The van der Waals surface area contributed by atoms with Crippen LogP contribution in [0.4, 0.5) is 8.78 Å². The summed E-state index contributed by atoms with van der Waals surface area (Å²) < 4.78 is 30.7. The molecule has 86 valence electrons. The predicted octanol–water partition coefficient (Wildman–Crippen LogP) is 2.98. The molecular formula is C10H9BrF2N2O. The Morgan fingerprint density at radius 1 is 1.38 bits per heavy atom. The smallest absolute Gasteiger partial charge is 0.281 e. The van der Waals surface area contributed by atoms with Crippen molar-refractivity contribution >= 4 is 21.5 Å². The van der Waals surface area contributed by atoms with Gasteiger partial charge < -0.3 is 4.74 Å². The first kappa shape index (κ1) is 11.6. The normalized spacial score (nSPS) is 16.4. The van der Waals surface area contributed by atoms with Crippen molar-refractivity contribution in [2.75, 3.05) is 13.2 Å². The minimum Gasteiger partial charge on any atom is -0.377 e. The fourth-order valence-corrected chi connectivity index (χ4v) is 2.13. The van der Waals surface area contributed by atoms with Crippen LogP contribution in [0.15, 0.2) is 16.9 Å². The molecule has 0 amide bonds. The van der Waals surface area contributed by atoms with Gasteiger partial charge in [-0.1, -0.05) is 6.08 Å². The van der Waals surface area contributed by atoms with E-state index in [1.165, 1.54) is 0 Å². The van der Waals surface area contributed by atoms with Gasteiger partial charge in [0.2, 0.25) is 0 Å². The largest absolute Gasteiger partial charge is 0.377 e. The summed E-state index contributed by atoms with van der Waals surface area (Å²) in [6.07, 6.45) is 1.10. The lowest BCUT2D eigenvalue weighted by atomic mass is 10.1. The zero-order valence-corrected chi connectivity index (χ0v) is 9.88. The van der Waals surface area contributed by atoms with E-state index >= 15 is 0 Å². The van der Waals surface area contributed by atoms with Gasteiger partial charge in [-0.2, -0.15) is 0 Å². The molecule has 16 heavy (non-hydrogen) atoms. The maximum Gasteiger partial charge on any atom is 0.281 e. The molecule has 2 heterocycles. The quantitative estimate of drug-likeness (QED) is 0.840. The van der Waals surface area contributed by atoms with E-state index in [-0.39, 0.29) is 10.2 Å². The van der Waals surface area contributed by atoms with Crippen molar-refractivity contribution in [1.82, 2.24) is 9.97 Å². The highest BCUT2D eigenvalue weighted by molar-refractivity contribution is 9.10. The maximum absolute atomic E-state index is 12.6. The van der Waals surface area contributed by atoms with Crippen molar-refractivity contribution in [2.24, 2.45) is 0 Å². The van der Waals surface area contributed by atoms with Crippen LogP contribution in [-0.2, 0) is 4.74 Å². The average molecular weight is 291 g/mol. The highest BCUT2D eigenvalue weighted by atomic mass is 79.9. The van der Waals surface area contributed by atoms with E-state index < -0.39 is 6.43 Å². The third-order valence-corrected chi connectivity index (χ3v) is 3.07. The molecule has 0 N–H and O–H groups in total. The second kappa shape index (κ2) is 4.97. The van der Waals surface area contributed by atoms with Crippen molar-refractivity contribution in [2.45, 2.75) is 12.8 Å². The SMILES string of the molecule is FC(F)c1ncnc(C2=CCOCC2)c1Br. The molecule has 0 saturated carbocycles. The molecule has 2 rings (SSSR count). The molecule has 6 heteroatoms. The molecule has 1 aromatic rings. The zero-order chi connectivity index (χ0) is 11.5. The molecule has 0 atom stereocenters. The molecule has 0 saturated heterocycles. The molecule has 0 aliphatic carbocycles. The van der Waals surface area contributed by atoms with E-state index in [1.807, 2.05) is 6.08 Å². The summed E-state index contributed by atoms with van der Waals surface area (Å²) in [6.45, 7) is 1.09. The van der Waals surface area contributed by atoms with E-state index in [9.17, 15) is 8.78 Å². The molecule has 0 radical (unpaired) electrons. The zero-order valence-electron chi connectivity index (χ0n) is 8.29. The first-order valence-electron chi connectivity index (χ1n) is 4.76. The van der Waals surface area contributed by atoms with Gasteiger partial charge in [0, 0.05) is 0 Å². The Hall–Kier alpha value is -0.880. The van der Waals surface area contributed by atoms with Gasteiger partial charge >= 0.3 is 0 Å². The Balaban J connectivity index is 2.41.